The Morgan fingerprint density at radius 3 is 2.53 bits per heavy atom. The van der Waals surface area contributed by atoms with Crippen molar-refractivity contribution in [2.75, 3.05) is 20.3 Å². The zero-order valence-corrected chi connectivity index (χ0v) is 11.3. The predicted molar refractivity (Wildman–Crippen MR) is 63.8 cm³/mol. The highest BCUT2D eigenvalue weighted by atomic mass is 16.6. The van der Waals surface area contributed by atoms with E-state index >= 15 is 0 Å². The topological polar surface area (TPSA) is 59.0 Å². The van der Waals surface area contributed by atoms with Gasteiger partial charge in [-0.1, -0.05) is 0 Å². The van der Waals surface area contributed by atoms with Crippen LogP contribution in [0.5, 0.6) is 0 Å². The van der Waals surface area contributed by atoms with Crippen LogP contribution in [0.25, 0.3) is 0 Å². The van der Waals surface area contributed by atoms with Crippen LogP contribution in [0.2, 0.25) is 0 Å². The van der Waals surface area contributed by atoms with Crippen molar-refractivity contribution in [2.24, 2.45) is 0 Å². The van der Waals surface area contributed by atoms with E-state index in [9.17, 15) is 9.90 Å². The fourth-order valence-electron chi connectivity index (χ4n) is 2.01. The molecule has 0 aromatic rings. The van der Waals surface area contributed by atoms with E-state index in [4.69, 9.17) is 9.47 Å². The molecular weight excluding hydrogens is 222 g/mol. The molecule has 0 radical (unpaired) electrons. The third-order valence-corrected chi connectivity index (χ3v) is 2.99. The van der Waals surface area contributed by atoms with Crippen molar-refractivity contribution in [3.05, 3.63) is 0 Å². The lowest BCUT2D eigenvalue weighted by atomic mass is 10.00. The Morgan fingerprint density at radius 1 is 1.53 bits per heavy atom. The van der Waals surface area contributed by atoms with Crippen LogP contribution >= 0.6 is 0 Å². The number of likely N-dealkylation sites (tertiary alicyclic amines) is 1. The molecule has 100 valence electrons. The first-order valence-electron chi connectivity index (χ1n) is 5.86. The molecule has 5 heteroatoms. The Bertz CT molecular complexity index is 287. The van der Waals surface area contributed by atoms with Gasteiger partial charge >= 0.3 is 6.09 Å². The third-order valence-electron chi connectivity index (χ3n) is 2.99. The lowest BCUT2D eigenvalue weighted by Crippen LogP contribution is -2.49. The van der Waals surface area contributed by atoms with Crippen LogP contribution in [-0.2, 0) is 9.47 Å². The van der Waals surface area contributed by atoms with E-state index in [2.05, 4.69) is 0 Å². The summed E-state index contributed by atoms with van der Waals surface area (Å²) in [6, 6.07) is 0. The van der Waals surface area contributed by atoms with Crippen LogP contribution in [0.4, 0.5) is 4.79 Å². The molecule has 1 saturated heterocycles. The summed E-state index contributed by atoms with van der Waals surface area (Å²) in [6.45, 7) is 7.69. The van der Waals surface area contributed by atoms with Crippen molar-refractivity contribution in [2.45, 2.75) is 51.4 Å². The van der Waals surface area contributed by atoms with Crippen LogP contribution in [0.15, 0.2) is 0 Å². The molecule has 0 aliphatic carbocycles. The second-order valence-electron chi connectivity index (χ2n) is 5.81. The van der Waals surface area contributed by atoms with Gasteiger partial charge in [0.1, 0.15) is 5.60 Å². The molecule has 0 spiro atoms. The Hall–Kier alpha value is -0.810. The van der Waals surface area contributed by atoms with E-state index in [1.54, 1.807) is 12.0 Å². The number of ether oxygens (including phenoxy) is 2. The number of carbonyl (C=O) groups is 1. The second kappa shape index (κ2) is 4.82. The number of methoxy groups -OCH3 is 1. The zero-order valence-electron chi connectivity index (χ0n) is 11.3. The molecule has 1 aliphatic rings. The number of aliphatic hydroxyl groups excluding tert-OH is 1. The van der Waals surface area contributed by atoms with Gasteiger partial charge in [0.15, 0.2) is 0 Å². The van der Waals surface area contributed by atoms with Crippen molar-refractivity contribution in [3.8, 4) is 0 Å². The number of nitrogens with zero attached hydrogens (tertiary/aromatic N) is 1. The standard InChI is InChI=1S/C12H23NO4/c1-11(2,3)17-10(15)13-7-9(16-5)6-12(13,4)8-14/h9,14H,6-8H2,1-5H3/t9-,12-/m1/s1. The maximum Gasteiger partial charge on any atom is 0.410 e. The summed E-state index contributed by atoms with van der Waals surface area (Å²) in [4.78, 5) is 13.6. The number of rotatable bonds is 2. The maximum absolute atomic E-state index is 12.0. The van der Waals surface area contributed by atoms with Gasteiger partial charge in [-0.05, 0) is 27.7 Å². The number of hydrogen-bond donors (Lipinski definition) is 1. The summed E-state index contributed by atoms with van der Waals surface area (Å²) in [5.74, 6) is 0. The number of amides is 1. The monoisotopic (exact) mass is 245 g/mol. The smallest absolute Gasteiger partial charge is 0.410 e. The van der Waals surface area contributed by atoms with E-state index in [-0.39, 0.29) is 12.7 Å². The molecule has 1 rings (SSSR count). The maximum atomic E-state index is 12.0. The molecule has 0 aromatic heterocycles. The molecule has 1 fully saturated rings. The minimum absolute atomic E-state index is 0.0420. The van der Waals surface area contributed by atoms with Crippen LogP contribution in [-0.4, -0.2) is 53.6 Å². The van der Waals surface area contributed by atoms with Crippen molar-refractivity contribution < 1.29 is 19.4 Å². The average molecular weight is 245 g/mol. The third kappa shape index (κ3) is 3.33. The lowest BCUT2D eigenvalue weighted by molar-refractivity contribution is -0.000578. The molecular formula is C12H23NO4. The fraction of sp³-hybridized carbons (Fsp3) is 0.917. The Labute approximate surface area is 103 Å². The highest BCUT2D eigenvalue weighted by molar-refractivity contribution is 5.69. The Balaban J connectivity index is 2.77. The first-order valence-corrected chi connectivity index (χ1v) is 5.86. The van der Waals surface area contributed by atoms with Crippen molar-refractivity contribution >= 4 is 6.09 Å². The summed E-state index contributed by atoms with van der Waals surface area (Å²) in [5, 5.41) is 9.45. The van der Waals surface area contributed by atoms with E-state index in [0.29, 0.717) is 13.0 Å². The Morgan fingerprint density at radius 2 is 2.12 bits per heavy atom. The molecule has 0 unspecified atom stereocenters. The van der Waals surface area contributed by atoms with E-state index in [1.165, 1.54) is 0 Å². The summed E-state index contributed by atoms with van der Waals surface area (Å²) < 4.78 is 10.6. The van der Waals surface area contributed by atoms with Gasteiger partial charge in [-0.25, -0.2) is 4.79 Å². The summed E-state index contributed by atoms with van der Waals surface area (Å²) in [7, 11) is 1.61. The Kier molecular flexibility index (Phi) is 4.04. The van der Waals surface area contributed by atoms with Crippen LogP contribution < -0.4 is 0 Å². The van der Waals surface area contributed by atoms with Gasteiger partial charge in [0.05, 0.1) is 24.8 Å². The highest BCUT2D eigenvalue weighted by Crippen LogP contribution is 2.31. The quantitative estimate of drug-likeness (QED) is 0.798. The molecule has 5 nitrogen and oxygen atoms in total. The molecule has 1 heterocycles. The lowest BCUT2D eigenvalue weighted by Gasteiger charge is -2.34. The molecule has 17 heavy (non-hydrogen) atoms. The van der Waals surface area contributed by atoms with E-state index < -0.39 is 17.2 Å². The first-order chi connectivity index (χ1) is 7.72. The van der Waals surface area contributed by atoms with E-state index in [1.807, 2.05) is 27.7 Å². The van der Waals surface area contributed by atoms with Crippen molar-refractivity contribution in [3.63, 3.8) is 0 Å². The minimum atomic E-state index is -0.594. The summed E-state index contributed by atoms with van der Waals surface area (Å²) >= 11 is 0. The fourth-order valence-corrected chi connectivity index (χ4v) is 2.01. The molecule has 2 atom stereocenters. The molecule has 0 aromatic carbocycles. The SMILES string of the molecule is CO[C@H]1CN(C(=O)OC(C)(C)C)[C@@](C)(CO)C1. The summed E-state index contributed by atoms with van der Waals surface area (Å²) in [6.07, 6.45) is 0.187. The van der Waals surface area contributed by atoms with Crippen molar-refractivity contribution in [1.29, 1.82) is 0 Å². The minimum Gasteiger partial charge on any atom is -0.444 e. The van der Waals surface area contributed by atoms with Gasteiger partial charge in [0.25, 0.3) is 0 Å². The van der Waals surface area contributed by atoms with Gasteiger partial charge in [-0.2, -0.15) is 0 Å². The van der Waals surface area contributed by atoms with E-state index in [0.717, 1.165) is 0 Å². The molecule has 1 amide bonds. The van der Waals surface area contributed by atoms with Crippen molar-refractivity contribution in [1.82, 2.24) is 4.90 Å². The zero-order chi connectivity index (χ0) is 13.3. The summed E-state index contributed by atoms with van der Waals surface area (Å²) in [5.41, 5.74) is -1.12. The molecule has 0 bridgehead atoms. The first kappa shape index (κ1) is 14.3. The molecule has 1 N–H and O–H groups in total. The van der Waals surface area contributed by atoms with Gasteiger partial charge in [-0.3, -0.25) is 4.90 Å². The predicted octanol–water partition coefficient (Wildman–Crippen LogP) is 1.39. The largest absolute Gasteiger partial charge is 0.444 e. The molecule has 1 aliphatic heterocycles. The normalized spacial score (nSPS) is 29.5. The van der Waals surface area contributed by atoms with Crippen LogP contribution in [0.3, 0.4) is 0 Å². The molecule has 0 saturated carbocycles. The highest BCUT2D eigenvalue weighted by Gasteiger charge is 2.46. The van der Waals surface area contributed by atoms with Crippen LogP contribution in [0.1, 0.15) is 34.1 Å². The van der Waals surface area contributed by atoms with Gasteiger partial charge in [0, 0.05) is 13.5 Å². The number of carbonyl (C=O) groups excluding carboxylic acids is 1. The number of hydrogen-bond acceptors (Lipinski definition) is 4. The van der Waals surface area contributed by atoms with Gasteiger partial charge in [0.2, 0.25) is 0 Å². The van der Waals surface area contributed by atoms with Crippen LogP contribution in [0, 0.1) is 0 Å². The van der Waals surface area contributed by atoms with Gasteiger partial charge in [-0.15, -0.1) is 0 Å². The second-order valence-corrected chi connectivity index (χ2v) is 5.81. The number of aliphatic hydroxyl groups is 1. The average Bonchev–Trinajstić information content (AvgIpc) is 2.54. The van der Waals surface area contributed by atoms with Gasteiger partial charge < -0.3 is 14.6 Å².